The molecule has 9 heteroatoms. The first-order valence-corrected chi connectivity index (χ1v) is 6.63. The van der Waals surface area contributed by atoms with E-state index in [-0.39, 0.29) is 12.0 Å². The molecule has 0 unspecified atom stereocenters. The van der Waals surface area contributed by atoms with E-state index in [1.807, 2.05) is 0 Å². The van der Waals surface area contributed by atoms with Crippen molar-refractivity contribution < 1.29 is 9.47 Å². The fourth-order valence-electron chi connectivity index (χ4n) is 1.98. The zero-order chi connectivity index (χ0) is 14.5. The van der Waals surface area contributed by atoms with Gasteiger partial charge in [-0.05, 0) is 0 Å². The van der Waals surface area contributed by atoms with Gasteiger partial charge in [-0.15, -0.1) is 4.98 Å². The van der Waals surface area contributed by atoms with E-state index in [0.717, 1.165) is 26.2 Å². The third-order valence-electron chi connectivity index (χ3n) is 2.98. The molecule has 1 aromatic heterocycles. The van der Waals surface area contributed by atoms with E-state index < -0.39 is 0 Å². The van der Waals surface area contributed by atoms with Crippen LogP contribution < -0.4 is 20.1 Å². The SMILES string of the molecule is COc1nc(OC)nc(N2CCN(CC(N)=S)CC2)n1. The molecular weight excluding hydrogens is 280 g/mol. The summed E-state index contributed by atoms with van der Waals surface area (Å²) < 4.78 is 10.1. The van der Waals surface area contributed by atoms with E-state index >= 15 is 0 Å². The summed E-state index contributed by atoms with van der Waals surface area (Å²) in [7, 11) is 3.03. The van der Waals surface area contributed by atoms with Crippen LogP contribution in [0.25, 0.3) is 0 Å². The van der Waals surface area contributed by atoms with Gasteiger partial charge in [0.15, 0.2) is 0 Å². The van der Waals surface area contributed by atoms with Crippen molar-refractivity contribution in [1.82, 2.24) is 19.9 Å². The van der Waals surface area contributed by atoms with Gasteiger partial charge in [0.25, 0.3) is 0 Å². The number of anilines is 1. The van der Waals surface area contributed by atoms with Crippen molar-refractivity contribution in [3.8, 4) is 12.0 Å². The molecule has 0 bridgehead atoms. The maximum atomic E-state index is 5.55. The number of rotatable bonds is 5. The highest BCUT2D eigenvalue weighted by Gasteiger charge is 2.21. The largest absolute Gasteiger partial charge is 0.467 e. The van der Waals surface area contributed by atoms with Crippen molar-refractivity contribution in [2.75, 3.05) is 51.8 Å². The van der Waals surface area contributed by atoms with E-state index in [0.29, 0.717) is 17.5 Å². The summed E-state index contributed by atoms with van der Waals surface area (Å²) in [5, 5.41) is 0. The third-order valence-corrected chi connectivity index (χ3v) is 3.11. The Morgan fingerprint density at radius 2 is 1.65 bits per heavy atom. The molecular formula is C11H18N6O2S. The van der Waals surface area contributed by atoms with Crippen LogP contribution in [-0.2, 0) is 0 Å². The molecule has 0 aliphatic carbocycles. The topological polar surface area (TPSA) is 89.6 Å². The molecule has 20 heavy (non-hydrogen) atoms. The first-order valence-electron chi connectivity index (χ1n) is 6.22. The lowest BCUT2D eigenvalue weighted by Gasteiger charge is -2.34. The molecule has 0 spiro atoms. The summed E-state index contributed by atoms with van der Waals surface area (Å²) in [4.78, 5) is 17.2. The third kappa shape index (κ3) is 3.64. The maximum absolute atomic E-state index is 5.55. The average molecular weight is 298 g/mol. The predicted octanol–water partition coefficient (Wildman–Crippen LogP) is -0.703. The summed E-state index contributed by atoms with van der Waals surface area (Å²) in [6.45, 7) is 3.94. The van der Waals surface area contributed by atoms with Gasteiger partial charge in [0, 0.05) is 32.7 Å². The molecule has 1 aromatic rings. The second-order valence-corrected chi connectivity index (χ2v) is 4.86. The number of methoxy groups -OCH3 is 2. The minimum atomic E-state index is 0.248. The first kappa shape index (κ1) is 14.7. The molecule has 2 N–H and O–H groups in total. The van der Waals surface area contributed by atoms with Crippen molar-refractivity contribution in [1.29, 1.82) is 0 Å². The fourth-order valence-corrected chi connectivity index (χ4v) is 2.16. The lowest BCUT2D eigenvalue weighted by atomic mass is 10.3. The standard InChI is InChI=1S/C11H18N6O2S/c1-18-10-13-9(14-11(15-10)19-2)17-5-3-16(4-6-17)7-8(12)20/h3-7H2,1-2H3,(H2,12,20). The Hall–Kier alpha value is -1.74. The Kier molecular flexibility index (Phi) is 4.85. The number of nitrogens with two attached hydrogens (primary N) is 1. The number of aromatic nitrogens is 3. The molecule has 1 saturated heterocycles. The van der Waals surface area contributed by atoms with Crippen molar-refractivity contribution in [3.05, 3.63) is 0 Å². The quantitative estimate of drug-likeness (QED) is 0.708. The number of ether oxygens (including phenoxy) is 2. The average Bonchev–Trinajstić information content (AvgIpc) is 2.46. The predicted molar refractivity (Wildman–Crippen MR) is 78.4 cm³/mol. The number of hydrogen-bond acceptors (Lipinski definition) is 8. The monoisotopic (exact) mass is 298 g/mol. The normalized spacial score (nSPS) is 16.0. The Morgan fingerprint density at radius 1 is 1.10 bits per heavy atom. The van der Waals surface area contributed by atoms with Crippen LogP contribution in [0.5, 0.6) is 12.0 Å². The molecule has 0 saturated carbocycles. The molecule has 2 rings (SSSR count). The molecule has 8 nitrogen and oxygen atoms in total. The zero-order valence-electron chi connectivity index (χ0n) is 11.6. The van der Waals surface area contributed by atoms with Crippen LogP contribution in [-0.4, -0.2) is 71.8 Å². The number of piperazine rings is 1. The molecule has 1 aliphatic heterocycles. The van der Waals surface area contributed by atoms with Gasteiger partial charge in [0.05, 0.1) is 19.2 Å². The highest BCUT2D eigenvalue weighted by molar-refractivity contribution is 7.80. The Balaban J connectivity index is 2.04. The van der Waals surface area contributed by atoms with Crippen LogP contribution in [0, 0.1) is 0 Å². The van der Waals surface area contributed by atoms with Gasteiger partial charge in [0.1, 0.15) is 0 Å². The maximum Gasteiger partial charge on any atom is 0.324 e. The lowest BCUT2D eigenvalue weighted by Crippen LogP contribution is -2.49. The summed E-state index contributed by atoms with van der Waals surface area (Å²) in [6, 6.07) is 0.495. The van der Waals surface area contributed by atoms with E-state index in [4.69, 9.17) is 27.4 Å². The smallest absolute Gasteiger partial charge is 0.324 e. The highest BCUT2D eigenvalue weighted by atomic mass is 32.1. The minimum Gasteiger partial charge on any atom is -0.467 e. The van der Waals surface area contributed by atoms with Crippen LogP contribution >= 0.6 is 12.2 Å². The van der Waals surface area contributed by atoms with E-state index in [2.05, 4.69) is 24.8 Å². The second kappa shape index (κ2) is 6.62. The molecule has 2 heterocycles. The van der Waals surface area contributed by atoms with Crippen LogP contribution in [0.1, 0.15) is 0 Å². The van der Waals surface area contributed by atoms with Crippen molar-refractivity contribution in [2.24, 2.45) is 5.73 Å². The number of thiocarbonyl (C=S) groups is 1. The van der Waals surface area contributed by atoms with Gasteiger partial charge in [-0.25, -0.2) is 0 Å². The molecule has 0 atom stereocenters. The minimum absolute atomic E-state index is 0.248. The first-order chi connectivity index (χ1) is 9.62. The molecule has 0 amide bonds. The van der Waals surface area contributed by atoms with E-state index in [9.17, 15) is 0 Å². The Labute approximate surface area is 122 Å². The van der Waals surface area contributed by atoms with Gasteiger partial charge in [-0.2, -0.15) is 9.97 Å². The van der Waals surface area contributed by atoms with Crippen molar-refractivity contribution >= 4 is 23.2 Å². The van der Waals surface area contributed by atoms with Gasteiger partial charge >= 0.3 is 12.0 Å². The van der Waals surface area contributed by atoms with Gasteiger partial charge < -0.3 is 20.1 Å². The second-order valence-electron chi connectivity index (χ2n) is 4.34. The molecule has 1 fully saturated rings. The zero-order valence-corrected chi connectivity index (χ0v) is 12.4. The molecule has 1 aliphatic rings. The summed E-state index contributed by atoms with van der Waals surface area (Å²) >= 11 is 4.92. The number of hydrogen-bond donors (Lipinski definition) is 1. The molecule has 0 aromatic carbocycles. The molecule has 0 radical (unpaired) electrons. The van der Waals surface area contributed by atoms with E-state index in [1.165, 1.54) is 14.2 Å². The molecule has 110 valence electrons. The van der Waals surface area contributed by atoms with E-state index in [1.54, 1.807) is 0 Å². The fraction of sp³-hybridized carbons (Fsp3) is 0.636. The van der Waals surface area contributed by atoms with Crippen LogP contribution in [0.15, 0.2) is 0 Å². The summed E-state index contributed by atoms with van der Waals surface area (Å²) in [5.41, 5.74) is 5.55. The Bertz CT molecular complexity index is 456. The summed E-state index contributed by atoms with van der Waals surface area (Å²) in [5.74, 6) is 0.559. The van der Waals surface area contributed by atoms with Crippen LogP contribution in [0.4, 0.5) is 5.95 Å². The van der Waals surface area contributed by atoms with Crippen LogP contribution in [0.3, 0.4) is 0 Å². The Morgan fingerprint density at radius 3 is 2.10 bits per heavy atom. The van der Waals surface area contributed by atoms with Crippen LogP contribution in [0.2, 0.25) is 0 Å². The van der Waals surface area contributed by atoms with Gasteiger partial charge in [-0.1, -0.05) is 12.2 Å². The lowest BCUT2D eigenvalue weighted by molar-refractivity contribution is 0.288. The number of nitrogens with zero attached hydrogens (tertiary/aromatic N) is 5. The van der Waals surface area contributed by atoms with Gasteiger partial charge in [0.2, 0.25) is 5.95 Å². The highest BCUT2D eigenvalue weighted by Crippen LogP contribution is 2.17. The summed E-state index contributed by atoms with van der Waals surface area (Å²) in [6.07, 6.45) is 0. The van der Waals surface area contributed by atoms with Gasteiger partial charge in [-0.3, -0.25) is 4.90 Å². The van der Waals surface area contributed by atoms with Crippen molar-refractivity contribution in [2.45, 2.75) is 0 Å². The van der Waals surface area contributed by atoms with Crippen molar-refractivity contribution in [3.63, 3.8) is 0 Å².